The number of carbonyl (C=O) groups excluding carboxylic acids is 1. The number of benzene rings is 1. The number of ketones is 1. The van der Waals surface area contributed by atoms with Crippen molar-refractivity contribution in [1.82, 2.24) is 4.98 Å². The second-order valence-electron chi connectivity index (χ2n) is 7.21. The van der Waals surface area contributed by atoms with Crippen LogP contribution in [0.4, 0.5) is 5.69 Å². The molecular weight excluding hydrogens is 376 g/mol. The van der Waals surface area contributed by atoms with Crippen LogP contribution in [0.2, 0.25) is 0 Å². The van der Waals surface area contributed by atoms with Gasteiger partial charge in [-0.15, -0.1) is 0 Å². The summed E-state index contributed by atoms with van der Waals surface area (Å²) < 4.78 is 5.16. The smallest absolute Gasteiger partial charge is 0.178 e. The van der Waals surface area contributed by atoms with Crippen LogP contribution in [0.25, 0.3) is 11.6 Å². The summed E-state index contributed by atoms with van der Waals surface area (Å²) in [5.74, 6) is -0.0110. The second-order valence-corrected chi connectivity index (χ2v) is 7.21. The molecule has 0 amide bonds. The zero-order valence-corrected chi connectivity index (χ0v) is 15.5. The van der Waals surface area contributed by atoms with Gasteiger partial charge in [0.2, 0.25) is 0 Å². The molecule has 0 saturated carbocycles. The van der Waals surface area contributed by atoms with Gasteiger partial charge in [0, 0.05) is 30.1 Å². The van der Waals surface area contributed by atoms with Gasteiger partial charge in [0.25, 0.3) is 0 Å². The lowest BCUT2D eigenvalue weighted by molar-refractivity contribution is -0.245. The third kappa shape index (κ3) is 3.81. The Bertz CT molecular complexity index is 932. The number of aromatic nitrogens is 1. The minimum Gasteiger partial charge on any atom is -0.394 e. The Labute approximate surface area is 167 Å². The molecule has 4 rings (SSSR count). The standard InChI is InChI=1S/C21H22N2O6/c24-10-17-19(26)20(27)18(21(28)29-17)23-14-2-1-12-8-15(11-3-5-22-6-4-11)16(25)9-13(12)7-14/h1-8,17-21,23-24,26-28H,9-10H2/t17?,18?,19-,20-,21?/m1/s1. The van der Waals surface area contributed by atoms with Crippen LogP contribution in [0.5, 0.6) is 0 Å². The van der Waals surface area contributed by atoms with Gasteiger partial charge in [0.05, 0.1) is 6.61 Å². The number of Topliss-reactive ketones (excluding diaryl/α,β-unsaturated/α-hetero) is 1. The number of pyridine rings is 1. The maximum Gasteiger partial charge on any atom is 0.178 e. The van der Waals surface area contributed by atoms with Gasteiger partial charge >= 0.3 is 0 Å². The molecule has 5 atom stereocenters. The Morgan fingerprint density at radius 2 is 1.86 bits per heavy atom. The van der Waals surface area contributed by atoms with Crippen molar-refractivity contribution in [3.8, 4) is 0 Å². The first-order chi connectivity index (χ1) is 14.0. The molecule has 5 N–H and O–H groups in total. The van der Waals surface area contributed by atoms with Crippen LogP contribution in [0.1, 0.15) is 16.7 Å². The summed E-state index contributed by atoms with van der Waals surface area (Å²) in [6.45, 7) is -0.519. The summed E-state index contributed by atoms with van der Waals surface area (Å²) in [5, 5.41) is 42.6. The van der Waals surface area contributed by atoms with E-state index in [0.29, 0.717) is 11.3 Å². The summed E-state index contributed by atoms with van der Waals surface area (Å²) >= 11 is 0. The average molecular weight is 398 g/mol. The molecule has 1 aliphatic heterocycles. The molecular formula is C21H22N2O6. The van der Waals surface area contributed by atoms with Crippen LogP contribution in [0.15, 0.2) is 42.7 Å². The van der Waals surface area contributed by atoms with E-state index < -0.39 is 37.3 Å². The molecule has 2 aromatic rings. The van der Waals surface area contributed by atoms with Gasteiger partial charge in [-0.2, -0.15) is 0 Å². The van der Waals surface area contributed by atoms with E-state index in [9.17, 15) is 20.1 Å². The molecule has 2 heterocycles. The molecule has 0 spiro atoms. The van der Waals surface area contributed by atoms with E-state index in [-0.39, 0.29) is 12.2 Å². The Hall–Kier alpha value is -2.62. The minimum atomic E-state index is -1.42. The normalized spacial score (nSPS) is 29.2. The molecule has 29 heavy (non-hydrogen) atoms. The number of anilines is 1. The van der Waals surface area contributed by atoms with Crippen LogP contribution in [0, 0.1) is 0 Å². The van der Waals surface area contributed by atoms with Crippen molar-refractivity contribution in [2.75, 3.05) is 11.9 Å². The van der Waals surface area contributed by atoms with Crippen molar-refractivity contribution in [2.45, 2.75) is 37.1 Å². The summed E-state index contributed by atoms with van der Waals surface area (Å²) in [6, 6.07) is 7.98. The van der Waals surface area contributed by atoms with E-state index in [1.807, 2.05) is 12.1 Å². The van der Waals surface area contributed by atoms with Crippen molar-refractivity contribution in [3.63, 3.8) is 0 Å². The summed E-state index contributed by atoms with van der Waals surface area (Å²) in [7, 11) is 0. The van der Waals surface area contributed by atoms with Crippen molar-refractivity contribution < 1.29 is 30.0 Å². The van der Waals surface area contributed by atoms with Crippen LogP contribution >= 0.6 is 0 Å². The van der Waals surface area contributed by atoms with Crippen molar-refractivity contribution in [3.05, 3.63) is 59.4 Å². The first-order valence-electron chi connectivity index (χ1n) is 9.33. The van der Waals surface area contributed by atoms with Gasteiger partial charge in [-0.05, 0) is 47.0 Å². The maximum atomic E-state index is 12.6. The molecule has 152 valence electrons. The van der Waals surface area contributed by atoms with E-state index in [1.54, 1.807) is 36.7 Å². The molecule has 0 bridgehead atoms. The third-order valence-electron chi connectivity index (χ3n) is 5.32. The SMILES string of the molecule is O=C1Cc2cc(NC3C(O)OC(CO)[C@@H](O)[C@@H]3O)ccc2C=C1c1ccncc1. The van der Waals surface area contributed by atoms with Gasteiger partial charge in [-0.25, -0.2) is 0 Å². The third-order valence-corrected chi connectivity index (χ3v) is 5.32. The Kier molecular flexibility index (Phi) is 5.44. The number of fused-ring (bicyclic) bond motifs is 1. The molecule has 2 aliphatic rings. The number of nitrogens with one attached hydrogen (secondary N) is 1. The zero-order valence-electron chi connectivity index (χ0n) is 15.5. The van der Waals surface area contributed by atoms with E-state index in [4.69, 9.17) is 9.84 Å². The molecule has 1 aromatic heterocycles. The van der Waals surface area contributed by atoms with Crippen LogP contribution in [-0.4, -0.2) is 68.4 Å². The van der Waals surface area contributed by atoms with Gasteiger partial charge in [0.15, 0.2) is 12.1 Å². The predicted octanol–water partition coefficient (Wildman–Crippen LogP) is -0.0408. The molecule has 1 fully saturated rings. The molecule has 8 nitrogen and oxygen atoms in total. The van der Waals surface area contributed by atoms with E-state index >= 15 is 0 Å². The highest BCUT2D eigenvalue weighted by Crippen LogP contribution is 2.30. The number of aliphatic hydroxyl groups is 4. The average Bonchev–Trinajstić information content (AvgIpc) is 2.73. The predicted molar refractivity (Wildman–Crippen MR) is 105 cm³/mol. The Morgan fingerprint density at radius 3 is 2.59 bits per heavy atom. The minimum absolute atomic E-state index is 0.0110. The lowest BCUT2D eigenvalue weighted by Crippen LogP contribution is -2.61. The molecule has 1 aliphatic carbocycles. The van der Waals surface area contributed by atoms with E-state index in [0.717, 1.165) is 16.7 Å². The van der Waals surface area contributed by atoms with Crippen LogP contribution < -0.4 is 5.32 Å². The number of rotatable bonds is 4. The number of carbonyl (C=O) groups is 1. The van der Waals surface area contributed by atoms with Crippen molar-refractivity contribution >= 4 is 23.1 Å². The topological polar surface area (TPSA) is 132 Å². The molecule has 3 unspecified atom stereocenters. The van der Waals surface area contributed by atoms with E-state index in [1.165, 1.54) is 0 Å². The number of ether oxygens (including phenoxy) is 1. The van der Waals surface area contributed by atoms with E-state index in [2.05, 4.69) is 10.3 Å². The van der Waals surface area contributed by atoms with Gasteiger partial charge in [0.1, 0.15) is 24.4 Å². The zero-order chi connectivity index (χ0) is 20.5. The lowest BCUT2D eigenvalue weighted by Gasteiger charge is -2.40. The first-order valence-corrected chi connectivity index (χ1v) is 9.33. The number of hydrogen-bond donors (Lipinski definition) is 5. The highest BCUT2D eigenvalue weighted by molar-refractivity contribution is 6.27. The highest BCUT2D eigenvalue weighted by atomic mass is 16.6. The fourth-order valence-electron chi connectivity index (χ4n) is 3.71. The number of nitrogens with zero attached hydrogens (tertiary/aromatic N) is 1. The molecule has 1 saturated heterocycles. The van der Waals surface area contributed by atoms with Gasteiger partial charge in [-0.3, -0.25) is 9.78 Å². The highest BCUT2D eigenvalue weighted by Gasteiger charge is 2.43. The first kappa shape index (κ1) is 19.7. The molecule has 1 aromatic carbocycles. The fourth-order valence-corrected chi connectivity index (χ4v) is 3.71. The molecule has 0 radical (unpaired) electrons. The lowest BCUT2D eigenvalue weighted by atomic mass is 9.87. The van der Waals surface area contributed by atoms with Gasteiger partial charge in [-0.1, -0.05) is 6.07 Å². The van der Waals surface area contributed by atoms with Gasteiger partial charge < -0.3 is 30.5 Å². The quantitative estimate of drug-likeness (QED) is 0.485. The molecule has 8 heteroatoms. The second kappa shape index (κ2) is 8.02. The maximum absolute atomic E-state index is 12.6. The number of allylic oxidation sites excluding steroid dienone is 1. The van der Waals surface area contributed by atoms with Crippen molar-refractivity contribution in [1.29, 1.82) is 0 Å². The van der Waals surface area contributed by atoms with Crippen LogP contribution in [-0.2, 0) is 16.0 Å². The van der Waals surface area contributed by atoms with Crippen LogP contribution in [0.3, 0.4) is 0 Å². The van der Waals surface area contributed by atoms with Crippen molar-refractivity contribution in [2.24, 2.45) is 0 Å². The summed E-state index contributed by atoms with van der Waals surface area (Å²) in [6.07, 6.45) is 0.189. The summed E-state index contributed by atoms with van der Waals surface area (Å²) in [4.78, 5) is 16.6. The fraction of sp³-hybridized carbons (Fsp3) is 0.333. The number of hydrogen-bond acceptors (Lipinski definition) is 8. The Morgan fingerprint density at radius 1 is 1.10 bits per heavy atom. The Balaban J connectivity index is 1.56. The monoisotopic (exact) mass is 398 g/mol. The largest absolute Gasteiger partial charge is 0.394 e. The summed E-state index contributed by atoms with van der Waals surface area (Å²) in [5.41, 5.74) is 3.73. The number of aliphatic hydroxyl groups excluding tert-OH is 4.